The maximum atomic E-state index is 11.3. The number of rotatable bonds is 3. The summed E-state index contributed by atoms with van der Waals surface area (Å²) in [6, 6.07) is 4.97. The number of benzene rings is 1. The second-order valence-electron chi connectivity index (χ2n) is 5.61. The number of hydrogen-bond donors (Lipinski definition) is 1. The molecule has 3 unspecified atom stereocenters. The largest absolute Gasteiger partial charge is 0.481 e. The molecule has 0 aromatic heterocycles. The number of hydrogen-bond acceptors (Lipinski definition) is 4. The number of nitrogens with zero attached hydrogens (tertiary/aromatic N) is 2. The average molecular weight is 276 g/mol. The van der Waals surface area contributed by atoms with Gasteiger partial charge in [-0.1, -0.05) is 6.07 Å². The van der Waals surface area contributed by atoms with Gasteiger partial charge in [0, 0.05) is 29.9 Å². The van der Waals surface area contributed by atoms with Crippen LogP contribution < -0.4 is 4.90 Å². The minimum atomic E-state index is -0.759. The van der Waals surface area contributed by atoms with Gasteiger partial charge >= 0.3 is 5.97 Å². The minimum absolute atomic E-state index is 0.0294. The molecular weight excluding hydrogens is 260 g/mol. The Hall–Kier alpha value is -2.11. The van der Waals surface area contributed by atoms with Crippen molar-refractivity contribution in [2.75, 3.05) is 4.90 Å². The molecule has 1 N–H and O–H groups in total. The Morgan fingerprint density at radius 3 is 2.80 bits per heavy atom. The molecule has 6 nitrogen and oxygen atoms in total. The fourth-order valence-electron chi connectivity index (χ4n) is 3.62. The Labute approximate surface area is 116 Å². The number of nitro benzene ring substituents is 1. The molecule has 6 heteroatoms. The molecule has 1 aromatic carbocycles. The van der Waals surface area contributed by atoms with E-state index < -0.39 is 10.9 Å². The van der Waals surface area contributed by atoms with Gasteiger partial charge in [0.1, 0.15) is 0 Å². The van der Waals surface area contributed by atoms with E-state index in [1.54, 1.807) is 12.1 Å². The Kier molecular flexibility index (Phi) is 2.88. The zero-order valence-corrected chi connectivity index (χ0v) is 11.2. The number of fused-ring (bicyclic) bond motifs is 2. The lowest BCUT2D eigenvalue weighted by Crippen LogP contribution is -2.33. The molecule has 2 fully saturated rings. The number of aryl methyl sites for hydroxylation is 1. The van der Waals surface area contributed by atoms with E-state index in [4.69, 9.17) is 0 Å². The number of nitro groups is 1. The van der Waals surface area contributed by atoms with Crippen molar-refractivity contribution in [3.63, 3.8) is 0 Å². The maximum Gasteiger partial charge on any atom is 0.308 e. The van der Waals surface area contributed by atoms with E-state index in [1.807, 2.05) is 6.92 Å². The summed E-state index contributed by atoms with van der Waals surface area (Å²) < 4.78 is 0. The van der Waals surface area contributed by atoms with Crippen molar-refractivity contribution in [3.05, 3.63) is 33.9 Å². The van der Waals surface area contributed by atoms with Gasteiger partial charge in [-0.15, -0.1) is 0 Å². The molecule has 0 amide bonds. The number of carboxylic acids is 1. The van der Waals surface area contributed by atoms with E-state index in [2.05, 4.69) is 4.90 Å². The van der Waals surface area contributed by atoms with Crippen molar-refractivity contribution in [2.45, 2.75) is 38.3 Å². The van der Waals surface area contributed by atoms with E-state index >= 15 is 0 Å². The van der Waals surface area contributed by atoms with Gasteiger partial charge in [0.25, 0.3) is 5.69 Å². The number of aliphatic carboxylic acids is 1. The lowest BCUT2D eigenvalue weighted by atomic mass is 9.89. The van der Waals surface area contributed by atoms with Crippen LogP contribution in [0.1, 0.15) is 24.8 Å². The third kappa shape index (κ3) is 1.83. The molecule has 2 heterocycles. The molecule has 3 atom stereocenters. The molecule has 2 aliphatic rings. The zero-order valence-electron chi connectivity index (χ0n) is 11.2. The Morgan fingerprint density at radius 2 is 2.20 bits per heavy atom. The summed E-state index contributed by atoms with van der Waals surface area (Å²) in [5, 5.41) is 20.2. The average Bonchev–Trinajstić information content (AvgIpc) is 2.96. The van der Waals surface area contributed by atoms with Crippen molar-refractivity contribution in [3.8, 4) is 0 Å². The molecule has 1 aromatic rings. The SMILES string of the molecule is Cc1ccc([N+](=O)[O-])cc1N1C2CCC1C(C(=O)O)C2. The third-order valence-corrected chi connectivity index (χ3v) is 4.54. The molecule has 0 saturated carbocycles. The minimum Gasteiger partial charge on any atom is -0.481 e. The molecule has 2 saturated heterocycles. The standard InChI is InChI=1S/C14H16N2O4/c1-8-2-3-10(16(19)20)7-13(8)15-9-4-5-12(15)11(6-9)14(17)18/h2-3,7,9,11-12H,4-6H2,1H3,(H,17,18). The number of carbonyl (C=O) groups is 1. The molecule has 2 bridgehead atoms. The van der Waals surface area contributed by atoms with Crippen molar-refractivity contribution in [1.82, 2.24) is 0 Å². The van der Waals surface area contributed by atoms with Crippen LogP contribution in [0.15, 0.2) is 18.2 Å². The van der Waals surface area contributed by atoms with Crippen LogP contribution in [0.3, 0.4) is 0 Å². The van der Waals surface area contributed by atoms with Crippen LogP contribution in [0.25, 0.3) is 0 Å². The van der Waals surface area contributed by atoms with Gasteiger partial charge in [-0.3, -0.25) is 14.9 Å². The van der Waals surface area contributed by atoms with Gasteiger partial charge in [0.05, 0.1) is 10.8 Å². The highest BCUT2D eigenvalue weighted by Crippen LogP contribution is 2.46. The quantitative estimate of drug-likeness (QED) is 0.676. The molecule has 3 rings (SSSR count). The van der Waals surface area contributed by atoms with E-state index in [-0.39, 0.29) is 23.7 Å². The predicted molar refractivity (Wildman–Crippen MR) is 72.9 cm³/mol. The first kappa shape index (κ1) is 12.9. The van der Waals surface area contributed by atoms with Gasteiger partial charge in [0.2, 0.25) is 0 Å². The summed E-state index contributed by atoms with van der Waals surface area (Å²) in [7, 11) is 0. The summed E-state index contributed by atoms with van der Waals surface area (Å²) in [6.45, 7) is 1.91. The van der Waals surface area contributed by atoms with E-state index in [1.165, 1.54) is 6.07 Å². The number of carboxylic acid groups (broad SMARTS) is 1. The van der Waals surface area contributed by atoms with Gasteiger partial charge in [-0.05, 0) is 31.7 Å². The van der Waals surface area contributed by atoms with Crippen LogP contribution in [0.5, 0.6) is 0 Å². The van der Waals surface area contributed by atoms with Crippen LogP contribution in [-0.4, -0.2) is 28.1 Å². The monoisotopic (exact) mass is 276 g/mol. The van der Waals surface area contributed by atoms with Crippen LogP contribution in [0.2, 0.25) is 0 Å². The van der Waals surface area contributed by atoms with Gasteiger partial charge < -0.3 is 10.0 Å². The Bertz CT molecular complexity index is 587. The van der Waals surface area contributed by atoms with E-state index in [0.717, 1.165) is 24.1 Å². The molecular formula is C14H16N2O4. The van der Waals surface area contributed by atoms with Crippen molar-refractivity contribution in [1.29, 1.82) is 0 Å². The van der Waals surface area contributed by atoms with Crippen LogP contribution in [0, 0.1) is 23.0 Å². The van der Waals surface area contributed by atoms with Crippen LogP contribution >= 0.6 is 0 Å². The van der Waals surface area contributed by atoms with Crippen molar-refractivity contribution in [2.24, 2.45) is 5.92 Å². The number of non-ortho nitro benzene ring substituents is 1. The third-order valence-electron chi connectivity index (χ3n) is 4.54. The van der Waals surface area contributed by atoms with Gasteiger partial charge in [-0.2, -0.15) is 0 Å². The Morgan fingerprint density at radius 1 is 1.45 bits per heavy atom. The highest BCUT2D eigenvalue weighted by molar-refractivity contribution is 5.75. The summed E-state index contributed by atoms with van der Waals surface area (Å²) in [6.07, 6.45) is 2.46. The van der Waals surface area contributed by atoms with E-state index in [9.17, 15) is 20.0 Å². The maximum absolute atomic E-state index is 11.3. The number of anilines is 1. The first-order chi connectivity index (χ1) is 9.49. The topological polar surface area (TPSA) is 83.7 Å². The van der Waals surface area contributed by atoms with Crippen LogP contribution in [0.4, 0.5) is 11.4 Å². The second kappa shape index (κ2) is 4.47. The first-order valence-electron chi connectivity index (χ1n) is 6.75. The summed E-state index contributed by atoms with van der Waals surface area (Å²) in [5.74, 6) is -1.11. The summed E-state index contributed by atoms with van der Waals surface area (Å²) >= 11 is 0. The second-order valence-corrected chi connectivity index (χ2v) is 5.61. The smallest absolute Gasteiger partial charge is 0.308 e. The molecule has 106 valence electrons. The predicted octanol–water partition coefficient (Wildman–Crippen LogP) is 2.35. The van der Waals surface area contributed by atoms with E-state index in [0.29, 0.717) is 6.42 Å². The fourth-order valence-corrected chi connectivity index (χ4v) is 3.62. The zero-order chi connectivity index (χ0) is 14.4. The molecule has 2 aliphatic heterocycles. The highest BCUT2D eigenvalue weighted by Gasteiger charge is 2.49. The lowest BCUT2D eigenvalue weighted by Gasteiger charge is -2.26. The molecule has 20 heavy (non-hydrogen) atoms. The molecule has 0 spiro atoms. The Balaban J connectivity index is 2.00. The van der Waals surface area contributed by atoms with Gasteiger partial charge in [0.15, 0.2) is 0 Å². The fraction of sp³-hybridized carbons (Fsp3) is 0.500. The van der Waals surface area contributed by atoms with Crippen molar-refractivity contribution < 1.29 is 14.8 Å². The summed E-state index contributed by atoms with van der Waals surface area (Å²) in [4.78, 5) is 23.9. The molecule has 0 radical (unpaired) electrons. The summed E-state index contributed by atoms with van der Waals surface area (Å²) in [5.41, 5.74) is 1.83. The normalized spacial score (nSPS) is 27.9. The van der Waals surface area contributed by atoms with Gasteiger partial charge in [-0.25, -0.2) is 0 Å². The molecule has 0 aliphatic carbocycles. The first-order valence-corrected chi connectivity index (χ1v) is 6.75. The van der Waals surface area contributed by atoms with Crippen molar-refractivity contribution >= 4 is 17.3 Å². The van der Waals surface area contributed by atoms with Crippen LogP contribution in [-0.2, 0) is 4.79 Å². The lowest BCUT2D eigenvalue weighted by molar-refractivity contribution is -0.384. The highest BCUT2D eigenvalue weighted by atomic mass is 16.6.